The fraction of sp³-hybridized carbons (Fsp3) is 0.100. The molecule has 0 radical (unpaired) electrons. The van der Waals surface area contributed by atoms with Crippen LogP contribution in [0.25, 0.3) is 0 Å². The zero-order chi connectivity index (χ0) is 18.4. The Hall–Kier alpha value is -3.54. The molecule has 6 heteroatoms. The molecule has 3 aromatic rings. The SMILES string of the molecule is COc1ccc(CNC(=O)c2ccccc2NC(=O)c2ccco2)cc1. The van der Waals surface area contributed by atoms with Gasteiger partial charge >= 0.3 is 0 Å². The molecule has 3 rings (SSSR count). The number of furan rings is 1. The normalized spacial score (nSPS) is 10.2. The van der Waals surface area contributed by atoms with Gasteiger partial charge in [-0.3, -0.25) is 9.59 Å². The second-order valence-corrected chi connectivity index (χ2v) is 5.51. The van der Waals surface area contributed by atoms with Crippen LogP contribution in [0.5, 0.6) is 5.75 Å². The molecule has 2 N–H and O–H groups in total. The largest absolute Gasteiger partial charge is 0.497 e. The van der Waals surface area contributed by atoms with Crippen molar-refractivity contribution in [2.45, 2.75) is 6.54 Å². The molecule has 132 valence electrons. The number of amides is 2. The number of anilines is 1. The molecule has 0 saturated heterocycles. The van der Waals surface area contributed by atoms with Crippen molar-refractivity contribution < 1.29 is 18.7 Å². The Labute approximate surface area is 150 Å². The zero-order valence-corrected chi connectivity index (χ0v) is 14.2. The summed E-state index contributed by atoms with van der Waals surface area (Å²) in [5.74, 6) is 0.242. The highest BCUT2D eigenvalue weighted by atomic mass is 16.5. The molecular weight excluding hydrogens is 332 g/mol. The molecule has 0 atom stereocenters. The molecule has 0 aliphatic rings. The first kappa shape index (κ1) is 17.3. The van der Waals surface area contributed by atoms with E-state index in [1.165, 1.54) is 6.26 Å². The minimum Gasteiger partial charge on any atom is -0.497 e. The van der Waals surface area contributed by atoms with Gasteiger partial charge in [-0.2, -0.15) is 0 Å². The summed E-state index contributed by atoms with van der Waals surface area (Å²) in [5.41, 5.74) is 1.73. The predicted octanol–water partition coefficient (Wildman–Crippen LogP) is 3.47. The van der Waals surface area contributed by atoms with Crippen molar-refractivity contribution in [1.82, 2.24) is 5.32 Å². The van der Waals surface area contributed by atoms with Crippen LogP contribution >= 0.6 is 0 Å². The Morgan fingerprint density at radius 1 is 0.962 bits per heavy atom. The van der Waals surface area contributed by atoms with Crippen LogP contribution in [0.2, 0.25) is 0 Å². The third-order valence-corrected chi connectivity index (χ3v) is 3.78. The van der Waals surface area contributed by atoms with Crippen LogP contribution in [0.1, 0.15) is 26.5 Å². The topological polar surface area (TPSA) is 80.6 Å². The van der Waals surface area contributed by atoms with Crippen molar-refractivity contribution in [3.05, 3.63) is 83.8 Å². The lowest BCUT2D eigenvalue weighted by Gasteiger charge is -2.11. The van der Waals surface area contributed by atoms with Gasteiger partial charge in [0, 0.05) is 6.54 Å². The van der Waals surface area contributed by atoms with Crippen LogP contribution in [-0.4, -0.2) is 18.9 Å². The number of methoxy groups -OCH3 is 1. The molecule has 0 spiro atoms. The van der Waals surface area contributed by atoms with Gasteiger partial charge in [0.2, 0.25) is 0 Å². The maximum absolute atomic E-state index is 12.5. The lowest BCUT2D eigenvalue weighted by Crippen LogP contribution is -2.24. The number of carbonyl (C=O) groups is 2. The van der Waals surface area contributed by atoms with Gasteiger partial charge < -0.3 is 19.8 Å². The van der Waals surface area contributed by atoms with Crippen LogP contribution < -0.4 is 15.4 Å². The third kappa shape index (κ3) is 4.10. The van der Waals surface area contributed by atoms with Crippen LogP contribution in [-0.2, 0) is 6.54 Å². The van der Waals surface area contributed by atoms with E-state index < -0.39 is 5.91 Å². The number of benzene rings is 2. The van der Waals surface area contributed by atoms with Crippen LogP contribution in [0.3, 0.4) is 0 Å². The van der Waals surface area contributed by atoms with E-state index in [0.29, 0.717) is 17.8 Å². The van der Waals surface area contributed by atoms with Gasteiger partial charge in [-0.25, -0.2) is 0 Å². The fourth-order valence-corrected chi connectivity index (χ4v) is 2.40. The van der Waals surface area contributed by atoms with E-state index in [1.807, 2.05) is 24.3 Å². The molecule has 2 amide bonds. The molecule has 6 nitrogen and oxygen atoms in total. The van der Waals surface area contributed by atoms with Crippen molar-refractivity contribution in [1.29, 1.82) is 0 Å². The molecule has 0 bridgehead atoms. The maximum Gasteiger partial charge on any atom is 0.291 e. The fourth-order valence-electron chi connectivity index (χ4n) is 2.40. The molecule has 0 fully saturated rings. The first-order valence-electron chi connectivity index (χ1n) is 8.02. The number of para-hydroxylation sites is 1. The molecule has 26 heavy (non-hydrogen) atoms. The highest BCUT2D eigenvalue weighted by Gasteiger charge is 2.15. The molecular formula is C20H18N2O4. The zero-order valence-electron chi connectivity index (χ0n) is 14.2. The summed E-state index contributed by atoms with van der Waals surface area (Å²) in [6.07, 6.45) is 1.42. The standard InChI is InChI=1S/C20H18N2O4/c1-25-15-10-8-14(9-11-15)13-21-19(23)16-5-2-3-6-17(16)22-20(24)18-7-4-12-26-18/h2-12H,13H2,1H3,(H,21,23)(H,22,24). The van der Waals surface area contributed by atoms with E-state index in [2.05, 4.69) is 10.6 Å². The first-order valence-corrected chi connectivity index (χ1v) is 8.02. The van der Waals surface area contributed by atoms with Crippen molar-refractivity contribution >= 4 is 17.5 Å². The number of carbonyl (C=O) groups excluding carboxylic acids is 2. The lowest BCUT2D eigenvalue weighted by atomic mass is 10.1. The molecule has 0 aliphatic heterocycles. The van der Waals surface area contributed by atoms with Gasteiger partial charge in [-0.15, -0.1) is 0 Å². The second kappa shape index (κ2) is 8.02. The molecule has 0 saturated carbocycles. The third-order valence-electron chi connectivity index (χ3n) is 3.78. The number of ether oxygens (including phenoxy) is 1. The average Bonchev–Trinajstić information content (AvgIpc) is 3.22. The van der Waals surface area contributed by atoms with Gasteiger partial charge in [0.25, 0.3) is 11.8 Å². The summed E-state index contributed by atoms with van der Waals surface area (Å²) >= 11 is 0. The van der Waals surface area contributed by atoms with E-state index in [-0.39, 0.29) is 11.7 Å². The van der Waals surface area contributed by atoms with Crippen LogP contribution in [0, 0.1) is 0 Å². The van der Waals surface area contributed by atoms with E-state index >= 15 is 0 Å². The Morgan fingerprint density at radius 2 is 1.73 bits per heavy atom. The van der Waals surface area contributed by atoms with Crippen molar-refractivity contribution in [2.24, 2.45) is 0 Å². The lowest BCUT2D eigenvalue weighted by molar-refractivity contribution is 0.0952. The molecule has 1 aromatic heterocycles. The smallest absolute Gasteiger partial charge is 0.291 e. The summed E-state index contributed by atoms with van der Waals surface area (Å²) in [6.45, 7) is 0.364. The van der Waals surface area contributed by atoms with Gasteiger partial charge in [0.15, 0.2) is 5.76 Å². The van der Waals surface area contributed by atoms with Gasteiger partial charge in [-0.1, -0.05) is 24.3 Å². The number of rotatable bonds is 6. The number of hydrogen-bond acceptors (Lipinski definition) is 4. The Balaban J connectivity index is 1.68. The summed E-state index contributed by atoms with van der Waals surface area (Å²) < 4.78 is 10.2. The Kier molecular flexibility index (Phi) is 5.34. The van der Waals surface area contributed by atoms with E-state index in [0.717, 1.165) is 11.3 Å². The van der Waals surface area contributed by atoms with Crippen molar-refractivity contribution in [3.63, 3.8) is 0 Å². The van der Waals surface area contributed by atoms with E-state index in [9.17, 15) is 9.59 Å². The highest BCUT2D eigenvalue weighted by molar-refractivity contribution is 6.07. The summed E-state index contributed by atoms with van der Waals surface area (Å²) in [5, 5.41) is 5.54. The number of hydrogen-bond donors (Lipinski definition) is 2. The van der Waals surface area contributed by atoms with Crippen LogP contribution in [0.15, 0.2) is 71.3 Å². The summed E-state index contributed by atoms with van der Waals surface area (Å²) in [4.78, 5) is 24.7. The van der Waals surface area contributed by atoms with E-state index in [4.69, 9.17) is 9.15 Å². The van der Waals surface area contributed by atoms with Gasteiger partial charge in [0.1, 0.15) is 5.75 Å². The molecule has 2 aromatic carbocycles. The summed E-state index contributed by atoms with van der Waals surface area (Å²) in [6, 6.07) is 17.4. The summed E-state index contributed by atoms with van der Waals surface area (Å²) in [7, 11) is 1.60. The minimum atomic E-state index is -0.412. The number of nitrogens with one attached hydrogen (secondary N) is 2. The van der Waals surface area contributed by atoms with Gasteiger partial charge in [-0.05, 0) is 42.0 Å². The minimum absolute atomic E-state index is 0.179. The molecule has 0 unspecified atom stereocenters. The first-order chi connectivity index (χ1) is 12.7. The van der Waals surface area contributed by atoms with Crippen molar-refractivity contribution in [2.75, 3.05) is 12.4 Å². The van der Waals surface area contributed by atoms with Gasteiger partial charge in [0.05, 0.1) is 24.6 Å². The second-order valence-electron chi connectivity index (χ2n) is 5.51. The quantitative estimate of drug-likeness (QED) is 0.713. The molecule has 1 heterocycles. The Morgan fingerprint density at radius 3 is 2.42 bits per heavy atom. The van der Waals surface area contributed by atoms with Crippen LogP contribution in [0.4, 0.5) is 5.69 Å². The average molecular weight is 350 g/mol. The highest BCUT2D eigenvalue weighted by Crippen LogP contribution is 2.17. The van der Waals surface area contributed by atoms with Crippen molar-refractivity contribution in [3.8, 4) is 5.75 Å². The predicted molar refractivity (Wildman–Crippen MR) is 97.3 cm³/mol. The maximum atomic E-state index is 12.5. The Bertz CT molecular complexity index is 886. The van der Waals surface area contributed by atoms with E-state index in [1.54, 1.807) is 43.5 Å². The monoisotopic (exact) mass is 350 g/mol. The molecule has 0 aliphatic carbocycles.